The summed E-state index contributed by atoms with van der Waals surface area (Å²) in [5.74, 6) is 1.07. The summed E-state index contributed by atoms with van der Waals surface area (Å²) in [4.78, 5) is 4.46. The molecule has 0 amide bonds. The first-order valence-corrected chi connectivity index (χ1v) is 5.58. The van der Waals surface area contributed by atoms with Gasteiger partial charge in [-0.05, 0) is 31.5 Å². The normalized spacial score (nSPS) is 21.3. The molecule has 1 unspecified atom stereocenters. The Hall–Kier alpha value is -1.06. The van der Waals surface area contributed by atoms with Crippen molar-refractivity contribution in [2.45, 2.75) is 18.9 Å². The maximum absolute atomic E-state index is 5.99. The van der Waals surface area contributed by atoms with Crippen LogP contribution in [0.1, 0.15) is 24.7 Å². The molecule has 15 heavy (non-hydrogen) atoms. The SMILES string of the molecule is Clc1ccc2cnc(C3CCCN3)n2c1. The Balaban J connectivity index is 2.13. The zero-order chi connectivity index (χ0) is 10.3. The van der Waals surface area contributed by atoms with E-state index in [1.54, 1.807) is 0 Å². The van der Waals surface area contributed by atoms with Crippen LogP contribution in [-0.2, 0) is 0 Å². The monoisotopic (exact) mass is 221 g/mol. The zero-order valence-corrected chi connectivity index (χ0v) is 9.04. The Morgan fingerprint density at radius 2 is 2.40 bits per heavy atom. The summed E-state index contributed by atoms with van der Waals surface area (Å²) in [6.45, 7) is 1.08. The molecule has 0 spiro atoms. The summed E-state index contributed by atoms with van der Waals surface area (Å²) in [6, 6.07) is 4.27. The molecule has 3 rings (SSSR count). The summed E-state index contributed by atoms with van der Waals surface area (Å²) < 4.78 is 2.07. The van der Waals surface area contributed by atoms with Crippen LogP contribution in [0.2, 0.25) is 5.02 Å². The van der Waals surface area contributed by atoms with Gasteiger partial charge in [-0.2, -0.15) is 0 Å². The highest BCUT2D eigenvalue weighted by Crippen LogP contribution is 2.23. The number of imidazole rings is 1. The molecule has 1 atom stereocenters. The van der Waals surface area contributed by atoms with Crippen molar-refractivity contribution < 1.29 is 0 Å². The predicted octanol–water partition coefficient (Wildman–Crippen LogP) is 2.41. The van der Waals surface area contributed by atoms with Crippen molar-refractivity contribution in [3.63, 3.8) is 0 Å². The first-order chi connectivity index (χ1) is 7.34. The third-order valence-corrected chi connectivity index (χ3v) is 3.12. The van der Waals surface area contributed by atoms with Gasteiger partial charge in [-0.25, -0.2) is 4.98 Å². The molecule has 78 valence electrons. The van der Waals surface area contributed by atoms with Gasteiger partial charge < -0.3 is 9.72 Å². The quantitative estimate of drug-likeness (QED) is 0.802. The Morgan fingerprint density at radius 1 is 1.47 bits per heavy atom. The largest absolute Gasteiger partial charge is 0.307 e. The van der Waals surface area contributed by atoms with Gasteiger partial charge in [0.1, 0.15) is 5.82 Å². The summed E-state index contributed by atoms with van der Waals surface area (Å²) >= 11 is 5.99. The lowest BCUT2D eigenvalue weighted by Crippen LogP contribution is -2.15. The number of rotatable bonds is 1. The van der Waals surface area contributed by atoms with E-state index in [0.717, 1.165) is 29.3 Å². The lowest BCUT2D eigenvalue weighted by atomic mass is 10.2. The second kappa shape index (κ2) is 3.51. The van der Waals surface area contributed by atoms with Crippen LogP contribution in [0.15, 0.2) is 24.5 Å². The van der Waals surface area contributed by atoms with E-state index < -0.39 is 0 Å². The third kappa shape index (κ3) is 1.52. The molecule has 1 aliphatic rings. The molecule has 4 heteroatoms. The first-order valence-electron chi connectivity index (χ1n) is 5.20. The van der Waals surface area contributed by atoms with Gasteiger partial charge >= 0.3 is 0 Å². The molecule has 2 aromatic rings. The number of fused-ring (bicyclic) bond motifs is 1. The molecule has 1 N–H and O–H groups in total. The fourth-order valence-corrected chi connectivity index (χ4v) is 2.31. The van der Waals surface area contributed by atoms with Crippen molar-refractivity contribution in [3.8, 4) is 0 Å². The van der Waals surface area contributed by atoms with Crippen LogP contribution in [0.25, 0.3) is 5.52 Å². The number of nitrogens with zero attached hydrogens (tertiary/aromatic N) is 2. The van der Waals surface area contributed by atoms with Crippen LogP contribution in [0.4, 0.5) is 0 Å². The second-order valence-electron chi connectivity index (χ2n) is 3.91. The van der Waals surface area contributed by atoms with E-state index in [1.165, 1.54) is 6.42 Å². The second-order valence-corrected chi connectivity index (χ2v) is 4.34. The maximum Gasteiger partial charge on any atom is 0.130 e. The Morgan fingerprint density at radius 3 is 3.20 bits per heavy atom. The molecule has 0 saturated carbocycles. The topological polar surface area (TPSA) is 29.3 Å². The van der Waals surface area contributed by atoms with Gasteiger partial charge in [0.15, 0.2) is 0 Å². The van der Waals surface area contributed by atoms with Crippen LogP contribution < -0.4 is 5.32 Å². The summed E-state index contributed by atoms with van der Waals surface area (Å²) in [5.41, 5.74) is 1.10. The minimum absolute atomic E-state index is 0.381. The number of nitrogens with one attached hydrogen (secondary N) is 1. The molecule has 2 aromatic heterocycles. The number of pyridine rings is 1. The predicted molar refractivity (Wildman–Crippen MR) is 60.2 cm³/mol. The van der Waals surface area contributed by atoms with Gasteiger partial charge in [-0.3, -0.25) is 0 Å². The minimum atomic E-state index is 0.381. The average Bonchev–Trinajstić information content (AvgIpc) is 2.83. The molecule has 3 nitrogen and oxygen atoms in total. The molecule has 0 aliphatic carbocycles. The van der Waals surface area contributed by atoms with Gasteiger partial charge in [0, 0.05) is 6.20 Å². The van der Waals surface area contributed by atoms with Crippen molar-refractivity contribution in [2.75, 3.05) is 6.54 Å². The average molecular weight is 222 g/mol. The Kier molecular flexibility index (Phi) is 2.15. The van der Waals surface area contributed by atoms with E-state index >= 15 is 0 Å². The molecule has 0 radical (unpaired) electrons. The van der Waals surface area contributed by atoms with Gasteiger partial charge in [0.2, 0.25) is 0 Å². The molecular weight excluding hydrogens is 210 g/mol. The molecule has 1 fully saturated rings. The van der Waals surface area contributed by atoms with Crippen molar-refractivity contribution >= 4 is 17.1 Å². The highest BCUT2D eigenvalue weighted by molar-refractivity contribution is 6.30. The van der Waals surface area contributed by atoms with E-state index in [4.69, 9.17) is 11.6 Å². The van der Waals surface area contributed by atoms with Crippen LogP contribution in [-0.4, -0.2) is 15.9 Å². The van der Waals surface area contributed by atoms with Gasteiger partial charge in [-0.15, -0.1) is 0 Å². The van der Waals surface area contributed by atoms with Gasteiger partial charge in [0.25, 0.3) is 0 Å². The molecule has 0 aromatic carbocycles. The maximum atomic E-state index is 5.99. The zero-order valence-electron chi connectivity index (χ0n) is 8.28. The fraction of sp³-hybridized carbons (Fsp3) is 0.364. The lowest BCUT2D eigenvalue weighted by molar-refractivity contribution is 0.602. The van der Waals surface area contributed by atoms with Crippen molar-refractivity contribution in [2.24, 2.45) is 0 Å². The van der Waals surface area contributed by atoms with Crippen molar-refractivity contribution in [1.29, 1.82) is 0 Å². The van der Waals surface area contributed by atoms with Gasteiger partial charge in [-0.1, -0.05) is 11.6 Å². The van der Waals surface area contributed by atoms with E-state index in [0.29, 0.717) is 6.04 Å². The highest BCUT2D eigenvalue weighted by atomic mass is 35.5. The Bertz CT molecular complexity index is 486. The number of hydrogen-bond acceptors (Lipinski definition) is 2. The van der Waals surface area contributed by atoms with Crippen molar-refractivity contribution in [1.82, 2.24) is 14.7 Å². The van der Waals surface area contributed by atoms with Crippen LogP contribution in [0.5, 0.6) is 0 Å². The van der Waals surface area contributed by atoms with E-state index in [9.17, 15) is 0 Å². The first kappa shape index (κ1) is 9.19. The molecule has 1 aliphatic heterocycles. The summed E-state index contributed by atoms with van der Waals surface area (Å²) in [5, 5.41) is 4.19. The molecule has 0 bridgehead atoms. The smallest absolute Gasteiger partial charge is 0.130 e. The number of halogens is 1. The van der Waals surface area contributed by atoms with Crippen molar-refractivity contribution in [3.05, 3.63) is 35.4 Å². The highest BCUT2D eigenvalue weighted by Gasteiger charge is 2.20. The molecular formula is C11H12ClN3. The van der Waals surface area contributed by atoms with E-state index in [2.05, 4.69) is 14.7 Å². The van der Waals surface area contributed by atoms with E-state index in [-0.39, 0.29) is 0 Å². The fourth-order valence-electron chi connectivity index (χ4n) is 2.15. The number of aromatic nitrogens is 2. The third-order valence-electron chi connectivity index (χ3n) is 2.89. The minimum Gasteiger partial charge on any atom is -0.307 e. The standard InChI is InChI=1S/C11H12ClN3/c12-8-3-4-9-6-14-11(15(9)7-8)10-2-1-5-13-10/h3-4,6-7,10,13H,1-2,5H2. The van der Waals surface area contributed by atoms with Crippen LogP contribution in [0, 0.1) is 0 Å². The summed E-state index contributed by atoms with van der Waals surface area (Å²) in [6.07, 6.45) is 6.21. The summed E-state index contributed by atoms with van der Waals surface area (Å²) in [7, 11) is 0. The molecule has 3 heterocycles. The van der Waals surface area contributed by atoms with Crippen LogP contribution in [0.3, 0.4) is 0 Å². The Labute approximate surface area is 93.1 Å². The lowest BCUT2D eigenvalue weighted by Gasteiger charge is -2.08. The van der Waals surface area contributed by atoms with Gasteiger partial charge in [0.05, 0.1) is 22.8 Å². The molecule has 1 saturated heterocycles. The number of hydrogen-bond donors (Lipinski definition) is 1. The van der Waals surface area contributed by atoms with Crippen LogP contribution >= 0.6 is 11.6 Å². The van der Waals surface area contributed by atoms with E-state index in [1.807, 2.05) is 24.5 Å².